The number of piperidine rings is 1. The van der Waals surface area contributed by atoms with Crippen molar-refractivity contribution in [1.82, 2.24) is 14.4 Å². The van der Waals surface area contributed by atoms with Gasteiger partial charge in [0.2, 0.25) is 5.91 Å². The molecule has 4 heterocycles. The Labute approximate surface area is 175 Å². The van der Waals surface area contributed by atoms with E-state index in [4.69, 9.17) is 4.74 Å². The van der Waals surface area contributed by atoms with Gasteiger partial charge in [0.1, 0.15) is 5.56 Å². The summed E-state index contributed by atoms with van der Waals surface area (Å²) in [5.41, 5.74) is 1.03. The lowest BCUT2D eigenvalue weighted by Gasteiger charge is -2.43. The van der Waals surface area contributed by atoms with E-state index in [1.54, 1.807) is 27.3 Å². The van der Waals surface area contributed by atoms with Crippen LogP contribution < -0.4 is 5.56 Å². The molecule has 2 bridgehead atoms. The van der Waals surface area contributed by atoms with Gasteiger partial charge in [0.05, 0.1) is 6.61 Å². The van der Waals surface area contributed by atoms with Gasteiger partial charge in [0.15, 0.2) is 0 Å². The molecule has 3 aliphatic rings. The number of carbonyl (C=O) groups is 2. The van der Waals surface area contributed by atoms with Crippen LogP contribution in [0.2, 0.25) is 0 Å². The fraction of sp³-hybridized carbons (Fsp3) is 0.667. The lowest BCUT2D eigenvalue weighted by molar-refractivity contribution is -0.133. The first kappa shape index (κ1) is 20.5. The van der Waals surface area contributed by atoms with Gasteiger partial charge in [-0.1, -0.05) is 0 Å². The Balaban J connectivity index is 1.55. The van der Waals surface area contributed by atoms with E-state index < -0.39 is 0 Å². The molecule has 3 aliphatic heterocycles. The number of amides is 2. The third kappa shape index (κ3) is 4.23. The Morgan fingerprint density at radius 1 is 1.14 bits per heavy atom. The molecule has 0 spiro atoms. The van der Waals surface area contributed by atoms with Crippen LogP contribution in [-0.4, -0.2) is 77.6 Å². The SMILES string of the molecule is CSCCC(=O)N1C[C@@H]2C[C@H](C1)c1ccc(C(=O)N3CCCOCC3)c(=O)n1C2. The Kier molecular flexibility index (Phi) is 6.29. The molecular formula is C21H29N3O4S. The third-order valence-electron chi connectivity index (χ3n) is 6.22. The van der Waals surface area contributed by atoms with E-state index in [1.807, 2.05) is 17.2 Å². The maximum atomic E-state index is 13.2. The number of likely N-dealkylation sites (tertiary alicyclic amines) is 1. The Morgan fingerprint density at radius 2 is 2.00 bits per heavy atom. The summed E-state index contributed by atoms with van der Waals surface area (Å²) in [6.45, 7) is 4.28. The van der Waals surface area contributed by atoms with Crippen LogP contribution in [0.25, 0.3) is 0 Å². The smallest absolute Gasteiger partial charge is 0.263 e. The van der Waals surface area contributed by atoms with Crippen LogP contribution in [-0.2, 0) is 16.1 Å². The molecule has 1 aromatic rings. The summed E-state index contributed by atoms with van der Waals surface area (Å²) in [7, 11) is 0. The van der Waals surface area contributed by atoms with E-state index in [0.717, 1.165) is 24.3 Å². The molecule has 0 radical (unpaired) electrons. The summed E-state index contributed by atoms with van der Waals surface area (Å²) >= 11 is 1.69. The molecule has 0 unspecified atom stereocenters. The number of hydrogen-bond donors (Lipinski definition) is 0. The second-order valence-corrected chi connectivity index (χ2v) is 9.17. The molecule has 2 amide bonds. The normalized spacial score (nSPS) is 24.0. The first-order valence-electron chi connectivity index (χ1n) is 10.5. The number of hydrogen-bond acceptors (Lipinski definition) is 5. The lowest BCUT2D eigenvalue weighted by atomic mass is 9.83. The second-order valence-electron chi connectivity index (χ2n) is 8.19. The van der Waals surface area contributed by atoms with E-state index in [-0.39, 0.29) is 34.8 Å². The van der Waals surface area contributed by atoms with Gasteiger partial charge in [-0.05, 0) is 37.1 Å². The van der Waals surface area contributed by atoms with Gasteiger partial charge < -0.3 is 19.1 Å². The molecule has 158 valence electrons. The highest BCUT2D eigenvalue weighted by Gasteiger charge is 2.37. The van der Waals surface area contributed by atoms with Crippen LogP contribution >= 0.6 is 11.8 Å². The van der Waals surface area contributed by atoms with Crippen LogP contribution in [0.5, 0.6) is 0 Å². The van der Waals surface area contributed by atoms with Crippen LogP contribution in [0, 0.1) is 5.92 Å². The van der Waals surface area contributed by atoms with Crippen molar-refractivity contribution in [3.8, 4) is 0 Å². The molecule has 2 atom stereocenters. The minimum Gasteiger partial charge on any atom is -0.380 e. The van der Waals surface area contributed by atoms with Gasteiger partial charge in [-0.3, -0.25) is 14.4 Å². The van der Waals surface area contributed by atoms with Crippen molar-refractivity contribution in [2.75, 3.05) is 51.4 Å². The predicted octanol–water partition coefficient (Wildman–Crippen LogP) is 1.41. The van der Waals surface area contributed by atoms with Crippen molar-refractivity contribution < 1.29 is 14.3 Å². The number of fused-ring (bicyclic) bond motifs is 4. The fourth-order valence-corrected chi connectivity index (χ4v) is 5.16. The Morgan fingerprint density at radius 3 is 2.83 bits per heavy atom. The number of thioether (sulfide) groups is 1. The standard InChI is InChI=1S/C21H29N3O4S/c1-29-10-5-19(25)23-12-15-11-16(14-23)18-4-3-17(21(27)24(18)13-15)20(26)22-6-2-8-28-9-7-22/h3-4,15-16H,2,5-14H2,1H3/t15-,16+/m0/s1. The van der Waals surface area contributed by atoms with Crippen molar-refractivity contribution >= 4 is 23.6 Å². The predicted molar refractivity (Wildman–Crippen MR) is 112 cm³/mol. The van der Waals surface area contributed by atoms with Crippen molar-refractivity contribution in [2.45, 2.75) is 31.7 Å². The zero-order valence-electron chi connectivity index (χ0n) is 17.0. The minimum absolute atomic E-state index is 0.171. The number of aromatic nitrogens is 1. The number of nitrogens with zero attached hydrogens (tertiary/aromatic N) is 3. The Hall–Kier alpha value is -1.80. The summed E-state index contributed by atoms with van der Waals surface area (Å²) in [6.07, 6.45) is 4.38. The van der Waals surface area contributed by atoms with E-state index in [0.29, 0.717) is 52.4 Å². The number of ether oxygens (including phenoxy) is 1. The van der Waals surface area contributed by atoms with Crippen molar-refractivity contribution in [2.24, 2.45) is 5.92 Å². The summed E-state index contributed by atoms with van der Waals surface area (Å²) in [4.78, 5) is 42.3. The second kappa shape index (κ2) is 8.92. The highest BCUT2D eigenvalue weighted by Crippen LogP contribution is 2.35. The molecule has 0 aromatic carbocycles. The highest BCUT2D eigenvalue weighted by atomic mass is 32.2. The van der Waals surface area contributed by atoms with E-state index >= 15 is 0 Å². The summed E-state index contributed by atoms with van der Waals surface area (Å²) in [6, 6.07) is 3.62. The largest absolute Gasteiger partial charge is 0.380 e. The summed E-state index contributed by atoms with van der Waals surface area (Å²) in [5.74, 6) is 1.30. The minimum atomic E-state index is -0.194. The van der Waals surface area contributed by atoms with Crippen LogP contribution in [0.4, 0.5) is 0 Å². The fourth-order valence-electron chi connectivity index (χ4n) is 4.78. The molecule has 0 aliphatic carbocycles. The average molecular weight is 420 g/mol. The first-order valence-corrected chi connectivity index (χ1v) is 11.9. The van der Waals surface area contributed by atoms with Gasteiger partial charge in [-0.25, -0.2) is 0 Å². The summed E-state index contributed by atoms with van der Waals surface area (Å²) < 4.78 is 7.22. The molecule has 1 aromatic heterocycles. The maximum absolute atomic E-state index is 13.2. The van der Waals surface area contributed by atoms with Crippen molar-refractivity contribution in [3.05, 3.63) is 33.7 Å². The maximum Gasteiger partial charge on any atom is 0.263 e. The van der Waals surface area contributed by atoms with E-state index in [9.17, 15) is 14.4 Å². The zero-order chi connectivity index (χ0) is 20.4. The molecule has 2 fully saturated rings. The number of pyridine rings is 1. The number of rotatable bonds is 4. The highest BCUT2D eigenvalue weighted by molar-refractivity contribution is 7.98. The Bertz CT molecular complexity index is 832. The van der Waals surface area contributed by atoms with Gasteiger partial charge in [-0.15, -0.1) is 0 Å². The van der Waals surface area contributed by atoms with Gasteiger partial charge in [0, 0.05) is 63.1 Å². The zero-order valence-corrected chi connectivity index (χ0v) is 17.8. The molecule has 4 rings (SSSR count). The molecule has 0 N–H and O–H groups in total. The van der Waals surface area contributed by atoms with Crippen LogP contribution in [0.3, 0.4) is 0 Å². The van der Waals surface area contributed by atoms with Crippen LogP contribution in [0.15, 0.2) is 16.9 Å². The van der Waals surface area contributed by atoms with E-state index in [2.05, 4.69) is 0 Å². The molecule has 2 saturated heterocycles. The molecule has 29 heavy (non-hydrogen) atoms. The van der Waals surface area contributed by atoms with Crippen LogP contribution in [0.1, 0.15) is 41.2 Å². The monoisotopic (exact) mass is 419 g/mol. The number of carbonyl (C=O) groups excluding carboxylic acids is 2. The topological polar surface area (TPSA) is 71.9 Å². The van der Waals surface area contributed by atoms with Gasteiger partial charge >= 0.3 is 0 Å². The molecular weight excluding hydrogens is 390 g/mol. The molecule has 7 nitrogen and oxygen atoms in total. The first-order chi connectivity index (χ1) is 14.1. The van der Waals surface area contributed by atoms with Gasteiger partial charge in [0.25, 0.3) is 11.5 Å². The molecule has 8 heteroatoms. The van der Waals surface area contributed by atoms with Crippen molar-refractivity contribution in [1.29, 1.82) is 0 Å². The third-order valence-corrected chi connectivity index (χ3v) is 6.83. The van der Waals surface area contributed by atoms with E-state index in [1.165, 1.54) is 0 Å². The van der Waals surface area contributed by atoms with Crippen molar-refractivity contribution in [3.63, 3.8) is 0 Å². The average Bonchev–Trinajstić information content (AvgIpc) is 3.02. The quantitative estimate of drug-likeness (QED) is 0.738. The molecule has 0 saturated carbocycles. The van der Waals surface area contributed by atoms with Gasteiger partial charge in [-0.2, -0.15) is 11.8 Å². The summed E-state index contributed by atoms with van der Waals surface area (Å²) in [5, 5.41) is 0. The lowest BCUT2D eigenvalue weighted by Crippen LogP contribution is -2.50.